The summed E-state index contributed by atoms with van der Waals surface area (Å²) in [5.74, 6) is 0. The standard InChI is InChI=1S/C15H12O6S2.K/c1-21-23(19,20)15-13-9-11-5-3-2-4-10(11)8-12(13)6-7-14(15)22(16,17)18;/h2-9H,1H3,(H,16,17,18);/q;+1/p-1. The van der Waals surface area contributed by atoms with Crippen LogP contribution in [0.2, 0.25) is 0 Å². The molecular weight excluding hydrogens is 379 g/mol. The predicted octanol–water partition coefficient (Wildman–Crippen LogP) is -0.764. The van der Waals surface area contributed by atoms with Gasteiger partial charge in [0.2, 0.25) is 0 Å². The fourth-order valence-electron chi connectivity index (χ4n) is 2.50. The third kappa shape index (κ3) is 3.59. The van der Waals surface area contributed by atoms with Gasteiger partial charge in [-0.3, -0.25) is 4.18 Å². The summed E-state index contributed by atoms with van der Waals surface area (Å²) in [5.41, 5.74) is 0. The van der Waals surface area contributed by atoms with Gasteiger partial charge in [0.15, 0.2) is 0 Å². The molecule has 0 amide bonds. The quantitative estimate of drug-likeness (QED) is 0.252. The van der Waals surface area contributed by atoms with E-state index >= 15 is 0 Å². The minimum atomic E-state index is -4.98. The number of benzene rings is 3. The molecule has 0 bridgehead atoms. The average Bonchev–Trinajstić information content (AvgIpc) is 2.50. The van der Waals surface area contributed by atoms with Crippen molar-refractivity contribution in [2.75, 3.05) is 7.11 Å². The molecule has 3 aromatic carbocycles. The molecule has 0 aliphatic heterocycles. The van der Waals surface area contributed by atoms with Gasteiger partial charge in [0.25, 0.3) is 10.1 Å². The molecule has 0 aromatic heterocycles. The van der Waals surface area contributed by atoms with Crippen LogP contribution in [0.5, 0.6) is 0 Å². The molecule has 3 rings (SSSR count). The number of hydrogen-bond donors (Lipinski definition) is 0. The maximum atomic E-state index is 12.2. The van der Waals surface area contributed by atoms with E-state index in [1.807, 2.05) is 12.1 Å². The summed E-state index contributed by atoms with van der Waals surface area (Å²) < 4.78 is 63.2. The van der Waals surface area contributed by atoms with E-state index in [1.54, 1.807) is 18.2 Å². The van der Waals surface area contributed by atoms with Crippen LogP contribution >= 0.6 is 0 Å². The Bertz CT molecular complexity index is 1140. The van der Waals surface area contributed by atoms with Crippen LogP contribution in [-0.4, -0.2) is 28.5 Å². The van der Waals surface area contributed by atoms with Gasteiger partial charge in [0, 0.05) is 5.39 Å². The molecule has 0 aliphatic carbocycles. The van der Waals surface area contributed by atoms with Crippen molar-refractivity contribution in [3.8, 4) is 0 Å². The Hall–Kier alpha value is -0.364. The molecule has 0 radical (unpaired) electrons. The van der Waals surface area contributed by atoms with E-state index in [1.165, 1.54) is 12.1 Å². The van der Waals surface area contributed by atoms with Crippen LogP contribution in [0.1, 0.15) is 0 Å². The van der Waals surface area contributed by atoms with Crippen molar-refractivity contribution in [3.63, 3.8) is 0 Å². The van der Waals surface area contributed by atoms with Crippen LogP contribution < -0.4 is 51.4 Å². The van der Waals surface area contributed by atoms with Crippen molar-refractivity contribution in [2.45, 2.75) is 9.79 Å². The Kier molecular flexibility index (Phi) is 5.90. The molecular formula is C15H11KO6S2. The molecule has 24 heavy (non-hydrogen) atoms. The van der Waals surface area contributed by atoms with E-state index in [0.717, 1.165) is 18.6 Å². The van der Waals surface area contributed by atoms with Crippen molar-refractivity contribution in [3.05, 3.63) is 48.5 Å². The minimum Gasteiger partial charge on any atom is -0.744 e. The number of fused-ring (bicyclic) bond motifs is 2. The van der Waals surface area contributed by atoms with Crippen LogP contribution in [0.4, 0.5) is 0 Å². The molecule has 0 aliphatic rings. The van der Waals surface area contributed by atoms with Crippen molar-refractivity contribution >= 4 is 41.8 Å². The van der Waals surface area contributed by atoms with E-state index < -0.39 is 30.0 Å². The van der Waals surface area contributed by atoms with E-state index in [9.17, 15) is 21.4 Å². The summed E-state index contributed by atoms with van der Waals surface area (Å²) in [4.78, 5) is -1.44. The van der Waals surface area contributed by atoms with Crippen LogP contribution in [0, 0.1) is 0 Å². The van der Waals surface area contributed by atoms with Gasteiger partial charge in [0.1, 0.15) is 15.0 Å². The van der Waals surface area contributed by atoms with Gasteiger partial charge in [-0.05, 0) is 34.4 Å². The first-order valence-electron chi connectivity index (χ1n) is 6.46. The molecule has 3 aromatic rings. The zero-order valence-corrected chi connectivity index (χ0v) is 17.6. The fraction of sp³-hybridized carbons (Fsp3) is 0.0667. The summed E-state index contributed by atoms with van der Waals surface area (Å²) in [6.07, 6.45) is 0. The van der Waals surface area contributed by atoms with Gasteiger partial charge in [0.05, 0.1) is 12.0 Å². The van der Waals surface area contributed by atoms with E-state index in [-0.39, 0.29) is 56.8 Å². The SMILES string of the molecule is COS(=O)(=O)c1c(S(=O)(=O)[O-])ccc2cc3ccccc3cc12.[K+]. The van der Waals surface area contributed by atoms with Gasteiger partial charge in [-0.15, -0.1) is 0 Å². The first-order valence-corrected chi connectivity index (χ1v) is 9.28. The predicted molar refractivity (Wildman–Crippen MR) is 83.6 cm³/mol. The van der Waals surface area contributed by atoms with Crippen LogP contribution in [0.3, 0.4) is 0 Å². The first kappa shape index (κ1) is 20.0. The molecule has 0 atom stereocenters. The summed E-state index contributed by atoms with van der Waals surface area (Å²) in [5, 5.41) is 2.20. The molecule has 9 heteroatoms. The smallest absolute Gasteiger partial charge is 0.744 e. The van der Waals surface area contributed by atoms with Crippen LogP contribution in [0.15, 0.2) is 58.3 Å². The Balaban J connectivity index is 0.00000208. The van der Waals surface area contributed by atoms with Crippen molar-refractivity contribution in [1.29, 1.82) is 0 Å². The second kappa shape index (κ2) is 7.10. The Morgan fingerprint density at radius 1 is 0.875 bits per heavy atom. The monoisotopic (exact) mass is 390 g/mol. The molecule has 0 fully saturated rings. The Morgan fingerprint density at radius 3 is 2.00 bits per heavy atom. The number of rotatable bonds is 3. The zero-order chi connectivity index (χ0) is 16.8. The Morgan fingerprint density at radius 2 is 1.46 bits per heavy atom. The molecule has 0 unspecified atom stereocenters. The topological polar surface area (TPSA) is 101 Å². The van der Waals surface area contributed by atoms with Gasteiger partial charge < -0.3 is 4.55 Å². The third-order valence-electron chi connectivity index (χ3n) is 3.54. The third-order valence-corrected chi connectivity index (χ3v) is 5.93. The van der Waals surface area contributed by atoms with E-state index in [0.29, 0.717) is 10.8 Å². The molecule has 6 nitrogen and oxygen atoms in total. The summed E-state index contributed by atoms with van der Waals surface area (Å²) in [7, 11) is -8.45. The van der Waals surface area contributed by atoms with Gasteiger partial charge in [-0.25, -0.2) is 8.42 Å². The first-order chi connectivity index (χ1) is 10.7. The summed E-state index contributed by atoms with van der Waals surface area (Å²) in [6, 6.07) is 12.9. The second-order valence-corrected chi connectivity index (χ2v) is 7.89. The van der Waals surface area contributed by atoms with Crippen LogP contribution in [-0.2, 0) is 24.4 Å². The largest absolute Gasteiger partial charge is 1.00 e. The normalized spacial score (nSPS) is 12.2. The maximum absolute atomic E-state index is 12.2. The van der Waals surface area contributed by atoms with Crippen LogP contribution in [0.25, 0.3) is 21.5 Å². The molecule has 0 saturated heterocycles. The molecule has 0 heterocycles. The molecule has 0 N–H and O–H groups in total. The fourth-order valence-corrected chi connectivity index (χ4v) is 4.62. The van der Waals surface area contributed by atoms with Gasteiger partial charge in [-0.1, -0.05) is 30.3 Å². The minimum absolute atomic E-state index is 0. The summed E-state index contributed by atoms with van der Waals surface area (Å²) in [6.45, 7) is 0. The van der Waals surface area contributed by atoms with Gasteiger partial charge in [-0.2, -0.15) is 8.42 Å². The van der Waals surface area contributed by atoms with Gasteiger partial charge >= 0.3 is 51.4 Å². The van der Waals surface area contributed by atoms with Crippen molar-refractivity contribution in [1.82, 2.24) is 0 Å². The average molecular weight is 390 g/mol. The number of hydrogen-bond acceptors (Lipinski definition) is 6. The maximum Gasteiger partial charge on any atom is 1.00 e. The zero-order valence-electron chi connectivity index (χ0n) is 12.9. The van der Waals surface area contributed by atoms with E-state index in [4.69, 9.17) is 0 Å². The molecule has 0 spiro atoms. The van der Waals surface area contributed by atoms with Crippen molar-refractivity contribution < 1.29 is 77.0 Å². The molecule has 120 valence electrons. The Labute approximate surface area is 182 Å². The van der Waals surface area contributed by atoms with Crippen molar-refractivity contribution in [2.24, 2.45) is 0 Å². The summed E-state index contributed by atoms with van der Waals surface area (Å²) >= 11 is 0. The van der Waals surface area contributed by atoms with E-state index in [2.05, 4.69) is 4.18 Å². The molecule has 0 saturated carbocycles. The second-order valence-electron chi connectivity index (χ2n) is 4.89.